The zero-order chi connectivity index (χ0) is 10.6. The number of carbonyl (C=O) groups is 1. The molecule has 0 aromatic carbocycles. The largest absolute Gasteiger partial charge is 0.307 e. The van der Waals surface area contributed by atoms with Gasteiger partial charge in [0.05, 0.1) is 11.8 Å². The summed E-state index contributed by atoms with van der Waals surface area (Å²) in [5.41, 5.74) is 0. The quantitative estimate of drug-likeness (QED) is 0.714. The van der Waals surface area contributed by atoms with E-state index in [2.05, 4.69) is 5.32 Å². The SMILES string of the molecule is CS(=O)(=O)CCCC(=O)C1CCCN1. The van der Waals surface area contributed by atoms with Gasteiger partial charge < -0.3 is 5.32 Å². The van der Waals surface area contributed by atoms with Crippen molar-refractivity contribution >= 4 is 15.6 Å². The molecule has 0 amide bonds. The minimum Gasteiger partial charge on any atom is -0.307 e. The van der Waals surface area contributed by atoms with Gasteiger partial charge in [0, 0.05) is 12.7 Å². The van der Waals surface area contributed by atoms with Crippen LogP contribution >= 0.6 is 0 Å². The Morgan fingerprint density at radius 3 is 2.71 bits per heavy atom. The highest BCUT2D eigenvalue weighted by atomic mass is 32.2. The Hall–Kier alpha value is -0.420. The average Bonchev–Trinajstić information content (AvgIpc) is 2.53. The van der Waals surface area contributed by atoms with Crippen LogP contribution in [0.25, 0.3) is 0 Å². The molecule has 1 heterocycles. The summed E-state index contributed by atoms with van der Waals surface area (Å²) < 4.78 is 21.6. The molecular weight excluding hydrogens is 202 g/mol. The number of rotatable bonds is 5. The van der Waals surface area contributed by atoms with Crippen LogP contribution in [0.3, 0.4) is 0 Å². The van der Waals surface area contributed by atoms with Crippen molar-refractivity contribution in [2.24, 2.45) is 0 Å². The summed E-state index contributed by atoms with van der Waals surface area (Å²) in [5, 5.41) is 3.11. The lowest BCUT2D eigenvalue weighted by atomic mass is 10.1. The van der Waals surface area contributed by atoms with E-state index in [1.165, 1.54) is 6.26 Å². The first-order valence-corrected chi connectivity index (χ1v) is 6.99. The zero-order valence-electron chi connectivity index (χ0n) is 8.45. The maximum Gasteiger partial charge on any atom is 0.149 e. The highest BCUT2D eigenvalue weighted by Gasteiger charge is 2.21. The topological polar surface area (TPSA) is 63.2 Å². The maximum absolute atomic E-state index is 11.5. The van der Waals surface area contributed by atoms with E-state index >= 15 is 0 Å². The molecule has 0 aromatic rings. The Morgan fingerprint density at radius 2 is 2.21 bits per heavy atom. The van der Waals surface area contributed by atoms with Gasteiger partial charge in [0.15, 0.2) is 0 Å². The van der Waals surface area contributed by atoms with Crippen molar-refractivity contribution in [3.05, 3.63) is 0 Å². The van der Waals surface area contributed by atoms with Crippen LogP contribution in [0.2, 0.25) is 0 Å². The molecule has 1 aliphatic rings. The van der Waals surface area contributed by atoms with Crippen LogP contribution in [0.15, 0.2) is 0 Å². The fraction of sp³-hybridized carbons (Fsp3) is 0.889. The Balaban J connectivity index is 2.21. The van der Waals surface area contributed by atoms with Gasteiger partial charge in [-0.2, -0.15) is 0 Å². The van der Waals surface area contributed by atoms with E-state index in [1.54, 1.807) is 0 Å². The van der Waals surface area contributed by atoms with E-state index in [1.807, 2.05) is 0 Å². The van der Waals surface area contributed by atoms with Crippen LogP contribution in [0.4, 0.5) is 0 Å². The molecule has 0 bridgehead atoms. The Labute approximate surface area is 85.0 Å². The molecule has 1 N–H and O–H groups in total. The lowest BCUT2D eigenvalue weighted by Gasteiger charge is -2.07. The van der Waals surface area contributed by atoms with E-state index in [4.69, 9.17) is 0 Å². The summed E-state index contributed by atoms with van der Waals surface area (Å²) in [5.74, 6) is 0.275. The van der Waals surface area contributed by atoms with Crippen LogP contribution in [-0.4, -0.2) is 38.8 Å². The minimum absolute atomic E-state index is 0.0189. The van der Waals surface area contributed by atoms with Gasteiger partial charge in [-0.05, 0) is 25.8 Å². The van der Waals surface area contributed by atoms with Gasteiger partial charge in [-0.1, -0.05) is 0 Å². The molecule has 1 aliphatic heterocycles. The van der Waals surface area contributed by atoms with Crippen molar-refractivity contribution in [1.29, 1.82) is 0 Å². The summed E-state index contributed by atoms with van der Waals surface area (Å²) in [6, 6.07) is -0.0189. The molecule has 5 heteroatoms. The molecule has 1 rings (SSSR count). The van der Waals surface area contributed by atoms with E-state index in [0.29, 0.717) is 12.8 Å². The van der Waals surface area contributed by atoms with Crippen LogP contribution < -0.4 is 5.32 Å². The maximum atomic E-state index is 11.5. The molecular formula is C9H17NO3S. The van der Waals surface area contributed by atoms with Crippen molar-refractivity contribution in [3.8, 4) is 0 Å². The highest BCUT2D eigenvalue weighted by Crippen LogP contribution is 2.09. The molecule has 0 aliphatic carbocycles. The monoisotopic (exact) mass is 219 g/mol. The zero-order valence-corrected chi connectivity index (χ0v) is 9.27. The van der Waals surface area contributed by atoms with Crippen molar-refractivity contribution in [2.45, 2.75) is 31.7 Å². The normalized spacial score (nSPS) is 22.5. The van der Waals surface area contributed by atoms with Gasteiger partial charge >= 0.3 is 0 Å². The molecule has 1 unspecified atom stereocenters. The average molecular weight is 219 g/mol. The molecule has 0 aromatic heterocycles. The van der Waals surface area contributed by atoms with Gasteiger partial charge in [-0.25, -0.2) is 8.42 Å². The number of hydrogen-bond donors (Lipinski definition) is 1. The standard InChI is InChI=1S/C9H17NO3S/c1-14(12,13)7-3-5-9(11)8-4-2-6-10-8/h8,10H,2-7H2,1H3. The smallest absolute Gasteiger partial charge is 0.149 e. The van der Waals surface area contributed by atoms with Gasteiger partial charge in [0.2, 0.25) is 0 Å². The predicted molar refractivity (Wildman–Crippen MR) is 55.0 cm³/mol. The second-order valence-electron chi connectivity index (χ2n) is 3.85. The summed E-state index contributed by atoms with van der Waals surface area (Å²) in [6.07, 6.45) is 3.98. The lowest BCUT2D eigenvalue weighted by Crippen LogP contribution is -2.30. The van der Waals surface area contributed by atoms with E-state index in [0.717, 1.165) is 19.4 Å². The molecule has 0 saturated carbocycles. The second-order valence-corrected chi connectivity index (χ2v) is 6.11. The summed E-state index contributed by atoms with van der Waals surface area (Å²) in [7, 11) is -2.92. The van der Waals surface area contributed by atoms with Gasteiger partial charge in [-0.3, -0.25) is 4.79 Å². The molecule has 0 radical (unpaired) electrons. The number of Topliss-reactive ketones (excluding diaryl/α,β-unsaturated/α-hetero) is 1. The van der Waals surface area contributed by atoms with Gasteiger partial charge in [-0.15, -0.1) is 0 Å². The summed E-state index contributed by atoms with van der Waals surface area (Å²) in [6.45, 7) is 0.905. The number of hydrogen-bond acceptors (Lipinski definition) is 4. The third-order valence-electron chi connectivity index (χ3n) is 2.39. The lowest BCUT2D eigenvalue weighted by molar-refractivity contribution is -0.120. The van der Waals surface area contributed by atoms with E-state index in [-0.39, 0.29) is 17.6 Å². The van der Waals surface area contributed by atoms with Crippen molar-refractivity contribution < 1.29 is 13.2 Å². The molecule has 4 nitrogen and oxygen atoms in total. The summed E-state index contributed by atoms with van der Waals surface area (Å²) in [4.78, 5) is 11.5. The fourth-order valence-corrected chi connectivity index (χ4v) is 2.31. The number of nitrogens with one attached hydrogen (secondary N) is 1. The Kier molecular flexibility index (Phi) is 4.07. The summed E-state index contributed by atoms with van der Waals surface area (Å²) >= 11 is 0. The van der Waals surface area contributed by atoms with Crippen LogP contribution in [0.1, 0.15) is 25.7 Å². The molecule has 14 heavy (non-hydrogen) atoms. The second kappa shape index (κ2) is 4.89. The molecule has 0 spiro atoms. The number of sulfone groups is 1. The first-order chi connectivity index (χ1) is 6.49. The van der Waals surface area contributed by atoms with Crippen LogP contribution in [-0.2, 0) is 14.6 Å². The third-order valence-corrected chi connectivity index (χ3v) is 3.42. The fourth-order valence-electron chi connectivity index (χ4n) is 1.64. The predicted octanol–water partition coefficient (Wildman–Crippen LogP) is 0.132. The van der Waals surface area contributed by atoms with Crippen molar-refractivity contribution in [1.82, 2.24) is 5.32 Å². The van der Waals surface area contributed by atoms with E-state index < -0.39 is 9.84 Å². The van der Waals surface area contributed by atoms with Crippen LogP contribution in [0, 0.1) is 0 Å². The van der Waals surface area contributed by atoms with Crippen LogP contribution in [0.5, 0.6) is 0 Å². The highest BCUT2D eigenvalue weighted by molar-refractivity contribution is 7.90. The van der Waals surface area contributed by atoms with Crippen molar-refractivity contribution in [3.63, 3.8) is 0 Å². The first-order valence-electron chi connectivity index (χ1n) is 4.93. The third kappa shape index (κ3) is 4.19. The Bertz CT molecular complexity index is 291. The van der Waals surface area contributed by atoms with Gasteiger partial charge in [0.25, 0.3) is 0 Å². The molecule has 82 valence electrons. The van der Waals surface area contributed by atoms with Crippen molar-refractivity contribution in [2.75, 3.05) is 18.6 Å². The molecule has 1 saturated heterocycles. The van der Waals surface area contributed by atoms with Gasteiger partial charge in [0.1, 0.15) is 15.6 Å². The Morgan fingerprint density at radius 1 is 1.50 bits per heavy atom. The number of ketones is 1. The molecule has 1 fully saturated rings. The molecule has 1 atom stereocenters. The van der Waals surface area contributed by atoms with E-state index in [9.17, 15) is 13.2 Å². The minimum atomic E-state index is -2.92. The first kappa shape index (κ1) is 11.7. The number of carbonyl (C=O) groups excluding carboxylic acids is 1.